The Morgan fingerprint density at radius 1 is 0.758 bits per heavy atom. The molecule has 0 aromatic heterocycles. The fourth-order valence-corrected chi connectivity index (χ4v) is 3.65. The van der Waals surface area contributed by atoms with Crippen molar-refractivity contribution in [2.45, 2.75) is 20.8 Å². The lowest BCUT2D eigenvalue weighted by Crippen LogP contribution is -2.19. The molecule has 0 bridgehead atoms. The molecule has 0 saturated heterocycles. The molecule has 3 aromatic carbocycles. The minimum absolute atomic E-state index is 0.531. The van der Waals surface area contributed by atoms with Gasteiger partial charge in [-0.2, -0.15) is 5.10 Å². The maximum atomic E-state index is 6.07. The van der Waals surface area contributed by atoms with Gasteiger partial charge in [0.15, 0.2) is 17.3 Å². The summed E-state index contributed by atoms with van der Waals surface area (Å²) in [6.45, 7) is 7.51. The Balaban J connectivity index is 1.83. The van der Waals surface area contributed by atoms with Gasteiger partial charge in [0, 0.05) is 21.7 Å². The highest BCUT2D eigenvalue weighted by atomic mass is 35.5. The third-order valence-electron chi connectivity index (χ3n) is 4.97. The van der Waals surface area contributed by atoms with Crippen molar-refractivity contribution in [1.29, 1.82) is 0 Å². The lowest BCUT2D eigenvalue weighted by Gasteiger charge is -2.14. The first-order chi connectivity index (χ1) is 16.1. The van der Waals surface area contributed by atoms with E-state index in [9.17, 15) is 0 Å². The summed E-state index contributed by atoms with van der Waals surface area (Å²) in [4.78, 5) is 4.86. The fourth-order valence-electron chi connectivity index (χ4n) is 3.53. The van der Waals surface area contributed by atoms with Crippen molar-refractivity contribution < 1.29 is 14.2 Å². The highest BCUT2D eigenvalue weighted by Gasteiger charge is 2.20. The van der Waals surface area contributed by atoms with E-state index in [1.54, 1.807) is 0 Å². The van der Waals surface area contributed by atoms with Crippen molar-refractivity contribution in [3.63, 3.8) is 0 Å². The van der Waals surface area contributed by atoms with Crippen LogP contribution in [0.3, 0.4) is 0 Å². The second kappa shape index (κ2) is 10.4. The molecule has 0 saturated carbocycles. The first-order valence-corrected chi connectivity index (χ1v) is 11.4. The van der Waals surface area contributed by atoms with Crippen LogP contribution in [0, 0.1) is 0 Å². The van der Waals surface area contributed by atoms with E-state index in [1.165, 1.54) is 0 Å². The molecule has 1 heterocycles. The number of hydrogen-bond donors (Lipinski definition) is 1. The van der Waals surface area contributed by atoms with E-state index in [-0.39, 0.29) is 0 Å². The third kappa shape index (κ3) is 5.12. The number of amidine groups is 1. The number of halogens is 1. The van der Waals surface area contributed by atoms with Crippen LogP contribution in [-0.2, 0) is 0 Å². The minimum atomic E-state index is 0.531. The van der Waals surface area contributed by atoms with E-state index in [1.807, 2.05) is 81.4 Å². The molecule has 0 unspecified atom stereocenters. The van der Waals surface area contributed by atoms with Crippen LogP contribution in [0.4, 0.5) is 5.69 Å². The molecule has 33 heavy (non-hydrogen) atoms. The summed E-state index contributed by atoms with van der Waals surface area (Å²) in [6, 6.07) is 19.1. The van der Waals surface area contributed by atoms with E-state index in [2.05, 4.69) is 5.43 Å². The van der Waals surface area contributed by atoms with Gasteiger partial charge < -0.3 is 14.2 Å². The van der Waals surface area contributed by atoms with Gasteiger partial charge in [-0.1, -0.05) is 11.6 Å². The van der Waals surface area contributed by atoms with Crippen LogP contribution in [0.1, 0.15) is 37.5 Å². The average molecular weight is 464 g/mol. The van der Waals surface area contributed by atoms with E-state index in [0.717, 1.165) is 33.8 Å². The van der Waals surface area contributed by atoms with Gasteiger partial charge in [-0.25, -0.2) is 4.99 Å². The molecule has 4 rings (SSSR count). The number of hydrazone groups is 1. The van der Waals surface area contributed by atoms with Gasteiger partial charge >= 0.3 is 0 Å². The number of hydrogen-bond acceptors (Lipinski definition) is 6. The van der Waals surface area contributed by atoms with Crippen LogP contribution in [0.15, 0.2) is 70.8 Å². The SMILES string of the molecule is CCOc1ccc2c(c1)C(c1ccc(OCC)c(OCC)c1)=NNC(c1ccc(Cl)cc1)=N2. The van der Waals surface area contributed by atoms with Crippen molar-refractivity contribution in [2.24, 2.45) is 10.1 Å². The smallest absolute Gasteiger partial charge is 0.161 e. The number of ether oxygens (including phenoxy) is 3. The van der Waals surface area contributed by atoms with Crippen LogP contribution >= 0.6 is 11.6 Å². The molecule has 0 amide bonds. The quantitative estimate of drug-likeness (QED) is 0.447. The monoisotopic (exact) mass is 463 g/mol. The predicted octanol–water partition coefficient (Wildman–Crippen LogP) is 5.97. The molecule has 3 aromatic rings. The fraction of sp³-hybridized carbons (Fsp3) is 0.231. The molecule has 1 N–H and O–H groups in total. The topological polar surface area (TPSA) is 64.4 Å². The molecule has 1 aliphatic heterocycles. The molecule has 7 heteroatoms. The first-order valence-electron chi connectivity index (χ1n) is 11.0. The zero-order valence-electron chi connectivity index (χ0n) is 18.9. The van der Waals surface area contributed by atoms with Crippen molar-refractivity contribution >= 4 is 28.8 Å². The Bertz CT molecular complexity index is 1190. The second-order valence-electron chi connectivity index (χ2n) is 7.18. The summed E-state index contributed by atoms with van der Waals surface area (Å²) >= 11 is 6.07. The highest BCUT2D eigenvalue weighted by Crippen LogP contribution is 2.33. The Kier molecular flexibility index (Phi) is 7.15. The zero-order valence-corrected chi connectivity index (χ0v) is 19.6. The molecular formula is C26H26ClN3O3. The molecule has 0 radical (unpaired) electrons. The number of rotatable bonds is 8. The number of fused-ring (bicyclic) bond motifs is 1. The number of benzene rings is 3. The molecule has 0 aliphatic carbocycles. The van der Waals surface area contributed by atoms with E-state index < -0.39 is 0 Å². The van der Waals surface area contributed by atoms with Crippen molar-refractivity contribution in [3.05, 3.63) is 82.4 Å². The molecule has 170 valence electrons. The molecule has 6 nitrogen and oxygen atoms in total. The molecule has 0 fully saturated rings. The van der Waals surface area contributed by atoms with E-state index in [4.69, 9.17) is 35.9 Å². The summed E-state index contributed by atoms with van der Waals surface area (Å²) in [7, 11) is 0. The first kappa shape index (κ1) is 22.7. The lowest BCUT2D eigenvalue weighted by molar-refractivity contribution is 0.287. The third-order valence-corrected chi connectivity index (χ3v) is 5.23. The van der Waals surface area contributed by atoms with Crippen molar-refractivity contribution in [2.75, 3.05) is 19.8 Å². The Hall–Kier alpha value is -3.51. The number of aliphatic imine (C=N–C) groups is 1. The summed E-state index contributed by atoms with van der Waals surface area (Å²) in [6.07, 6.45) is 0. The van der Waals surface area contributed by atoms with Gasteiger partial charge in [0.2, 0.25) is 0 Å². The summed E-state index contributed by atoms with van der Waals surface area (Å²) < 4.78 is 17.3. The second-order valence-corrected chi connectivity index (χ2v) is 7.62. The largest absolute Gasteiger partial charge is 0.494 e. The molecular weight excluding hydrogens is 438 g/mol. The van der Waals surface area contributed by atoms with Crippen LogP contribution < -0.4 is 19.6 Å². The van der Waals surface area contributed by atoms with Gasteiger partial charge in [0.25, 0.3) is 0 Å². The maximum absolute atomic E-state index is 6.07. The van der Waals surface area contributed by atoms with Crippen LogP contribution in [0.2, 0.25) is 5.02 Å². The van der Waals surface area contributed by atoms with Crippen molar-refractivity contribution in [3.8, 4) is 17.2 Å². The van der Waals surface area contributed by atoms with Crippen LogP contribution in [0.5, 0.6) is 17.2 Å². The summed E-state index contributed by atoms with van der Waals surface area (Å²) in [5.74, 6) is 2.75. The van der Waals surface area contributed by atoms with Gasteiger partial charge in [-0.3, -0.25) is 5.43 Å². The standard InChI is InChI=1S/C26H26ClN3O3/c1-4-31-20-12-13-22-21(16-20)25(18-9-14-23(32-5-2)24(15-18)33-6-3)29-30-26(28-22)17-7-10-19(27)11-8-17/h7-16H,4-6H2,1-3H3,(H,28,30). The van der Waals surface area contributed by atoms with Gasteiger partial charge in [-0.15, -0.1) is 0 Å². The Labute approximate surface area is 198 Å². The number of nitrogens with zero attached hydrogens (tertiary/aromatic N) is 2. The van der Waals surface area contributed by atoms with E-state index in [0.29, 0.717) is 42.2 Å². The zero-order chi connectivity index (χ0) is 23.2. The lowest BCUT2D eigenvalue weighted by atomic mass is 10.00. The minimum Gasteiger partial charge on any atom is -0.494 e. The van der Waals surface area contributed by atoms with Gasteiger partial charge in [0.05, 0.1) is 25.5 Å². The summed E-state index contributed by atoms with van der Waals surface area (Å²) in [5, 5.41) is 5.41. The normalized spacial score (nSPS) is 12.6. The number of nitrogens with one attached hydrogen (secondary N) is 1. The molecule has 1 aliphatic rings. The highest BCUT2D eigenvalue weighted by molar-refractivity contribution is 6.30. The summed E-state index contributed by atoms with van der Waals surface area (Å²) in [5.41, 5.74) is 7.24. The average Bonchev–Trinajstić information content (AvgIpc) is 3.01. The Morgan fingerprint density at radius 2 is 1.45 bits per heavy atom. The van der Waals surface area contributed by atoms with Crippen molar-refractivity contribution in [1.82, 2.24) is 5.43 Å². The Morgan fingerprint density at radius 3 is 2.18 bits per heavy atom. The van der Waals surface area contributed by atoms with Crippen LogP contribution in [-0.4, -0.2) is 31.4 Å². The maximum Gasteiger partial charge on any atom is 0.161 e. The molecule has 0 atom stereocenters. The predicted molar refractivity (Wildman–Crippen MR) is 133 cm³/mol. The van der Waals surface area contributed by atoms with Gasteiger partial charge in [0.1, 0.15) is 11.5 Å². The molecule has 0 spiro atoms. The van der Waals surface area contributed by atoms with Gasteiger partial charge in [-0.05, 0) is 81.4 Å². The van der Waals surface area contributed by atoms with Crippen LogP contribution in [0.25, 0.3) is 0 Å². The van der Waals surface area contributed by atoms with E-state index >= 15 is 0 Å².